The molecule has 2 bridgehead atoms. The SMILES string of the molecule is Cc1cc(-n2nc(N3CC4COCC(C4)C3)c3cnc(NC(=O)[Se])cc32)nc(C(C)(F)F)n1. The van der Waals surface area contributed by atoms with Crippen LogP contribution < -0.4 is 10.2 Å². The maximum atomic E-state index is 14.0. The van der Waals surface area contributed by atoms with Crippen LogP contribution >= 0.6 is 0 Å². The Kier molecular flexibility index (Phi) is 5.54. The summed E-state index contributed by atoms with van der Waals surface area (Å²) in [6, 6.07) is 3.27. The molecule has 3 aromatic heterocycles. The normalized spacial score (nSPS) is 20.8. The van der Waals surface area contributed by atoms with Crippen molar-refractivity contribution in [3.63, 3.8) is 0 Å². The topological polar surface area (TPSA) is 98.1 Å². The summed E-state index contributed by atoms with van der Waals surface area (Å²) in [6.45, 7) is 5.40. The monoisotopic (exact) mass is 522 g/mol. The van der Waals surface area contributed by atoms with Gasteiger partial charge in [0.25, 0.3) is 0 Å². The molecule has 2 unspecified atom stereocenters. The fraction of sp³-hybridized carbons (Fsp3) is 0.476. The quantitative estimate of drug-likeness (QED) is 0.528. The predicted molar refractivity (Wildman–Crippen MR) is 118 cm³/mol. The second-order valence-electron chi connectivity index (χ2n) is 8.72. The van der Waals surface area contributed by atoms with Crippen molar-refractivity contribution < 1.29 is 18.3 Å². The minimum absolute atomic E-state index is 0.224. The van der Waals surface area contributed by atoms with Gasteiger partial charge in [0, 0.05) is 0 Å². The van der Waals surface area contributed by atoms with Crippen molar-refractivity contribution in [2.24, 2.45) is 11.8 Å². The zero-order valence-corrected chi connectivity index (χ0v) is 19.8. The third-order valence-electron chi connectivity index (χ3n) is 5.86. The Labute approximate surface area is 196 Å². The van der Waals surface area contributed by atoms with Gasteiger partial charge in [-0.15, -0.1) is 0 Å². The second-order valence-corrected chi connectivity index (χ2v) is 9.50. The summed E-state index contributed by atoms with van der Waals surface area (Å²) in [5, 5.41) is 8.16. The van der Waals surface area contributed by atoms with Crippen molar-refractivity contribution in [3.05, 3.63) is 29.8 Å². The number of alkyl halides is 2. The molecular formula is C21H22F2N7O2Se. The van der Waals surface area contributed by atoms with Crippen LogP contribution in [0.25, 0.3) is 16.7 Å². The number of nitrogens with zero attached hydrogens (tertiary/aromatic N) is 6. The molecule has 1 radical (unpaired) electrons. The Hall–Kier alpha value is -2.69. The summed E-state index contributed by atoms with van der Waals surface area (Å²) < 4.78 is 35.3. The Morgan fingerprint density at radius 2 is 1.97 bits per heavy atom. The van der Waals surface area contributed by atoms with Crippen molar-refractivity contribution in [1.29, 1.82) is 0 Å². The van der Waals surface area contributed by atoms with Gasteiger partial charge in [0.15, 0.2) is 0 Å². The number of fused-ring (bicyclic) bond motifs is 3. The van der Waals surface area contributed by atoms with Gasteiger partial charge in [0.2, 0.25) is 0 Å². The number of piperidine rings is 1. The fourth-order valence-corrected chi connectivity index (χ4v) is 4.79. The first-order valence-electron chi connectivity index (χ1n) is 10.6. The molecule has 5 rings (SSSR count). The first-order chi connectivity index (χ1) is 15.7. The van der Waals surface area contributed by atoms with Crippen LogP contribution in [0.4, 0.5) is 25.2 Å². The van der Waals surface area contributed by atoms with E-state index in [9.17, 15) is 13.6 Å². The minimum atomic E-state index is -3.20. The van der Waals surface area contributed by atoms with Crippen molar-refractivity contribution >= 4 is 43.4 Å². The first-order valence-corrected chi connectivity index (χ1v) is 11.5. The molecule has 2 fully saturated rings. The van der Waals surface area contributed by atoms with Gasteiger partial charge in [0.1, 0.15) is 0 Å². The number of amides is 1. The van der Waals surface area contributed by atoms with Crippen LogP contribution in [0, 0.1) is 18.8 Å². The number of carbonyl (C=O) groups excluding carboxylic acids is 1. The van der Waals surface area contributed by atoms with E-state index in [1.165, 1.54) is 4.68 Å². The van der Waals surface area contributed by atoms with Gasteiger partial charge in [-0.05, 0) is 0 Å². The van der Waals surface area contributed by atoms with E-state index in [0.717, 1.165) is 31.8 Å². The van der Waals surface area contributed by atoms with Crippen LogP contribution in [0.3, 0.4) is 0 Å². The Balaban J connectivity index is 1.66. The van der Waals surface area contributed by atoms with Crippen LogP contribution in [0.5, 0.6) is 0 Å². The summed E-state index contributed by atoms with van der Waals surface area (Å²) in [5.41, 5.74) is 0.997. The molecule has 0 spiro atoms. The second kappa shape index (κ2) is 8.27. The molecule has 2 aliphatic rings. The van der Waals surface area contributed by atoms with Crippen LogP contribution in [0.1, 0.15) is 24.9 Å². The maximum absolute atomic E-state index is 14.0. The van der Waals surface area contributed by atoms with Gasteiger partial charge in [-0.2, -0.15) is 0 Å². The molecule has 1 amide bonds. The van der Waals surface area contributed by atoms with E-state index in [4.69, 9.17) is 9.84 Å². The van der Waals surface area contributed by atoms with Gasteiger partial charge >= 0.3 is 197 Å². The summed E-state index contributed by atoms with van der Waals surface area (Å²) >= 11 is 2.36. The fourth-order valence-electron chi connectivity index (χ4n) is 4.57. The summed E-state index contributed by atoms with van der Waals surface area (Å²) in [7, 11) is 0. The summed E-state index contributed by atoms with van der Waals surface area (Å²) in [5.74, 6) is -1.71. The Morgan fingerprint density at radius 1 is 1.24 bits per heavy atom. The number of anilines is 2. The average molecular weight is 521 g/mol. The number of hydrogen-bond donors (Lipinski definition) is 1. The van der Waals surface area contributed by atoms with E-state index in [0.29, 0.717) is 47.9 Å². The van der Waals surface area contributed by atoms with Crippen LogP contribution in [0.15, 0.2) is 18.3 Å². The molecule has 0 aliphatic carbocycles. The summed E-state index contributed by atoms with van der Waals surface area (Å²) in [6.07, 6.45) is 2.76. The number of aryl methyl sites for hydroxylation is 1. The van der Waals surface area contributed by atoms with E-state index in [-0.39, 0.29) is 10.6 Å². The molecule has 9 nitrogen and oxygen atoms in total. The molecule has 33 heavy (non-hydrogen) atoms. The van der Waals surface area contributed by atoms with Gasteiger partial charge in [0.05, 0.1) is 0 Å². The van der Waals surface area contributed by atoms with E-state index in [2.05, 4.69) is 41.2 Å². The van der Waals surface area contributed by atoms with Crippen LogP contribution in [0.2, 0.25) is 0 Å². The van der Waals surface area contributed by atoms with Crippen molar-refractivity contribution in [1.82, 2.24) is 24.7 Å². The third-order valence-corrected chi connectivity index (χ3v) is 6.07. The number of hydrogen-bond acceptors (Lipinski definition) is 7. The number of aromatic nitrogens is 5. The number of ether oxygens (including phenoxy) is 1. The third kappa shape index (κ3) is 4.42. The number of pyridine rings is 1. The first kappa shape index (κ1) is 22.1. The van der Waals surface area contributed by atoms with Gasteiger partial charge in [-0.25, -0.2) is 0 Å². The van der Waals surface area contributed by atoms with Gasteiger partial charge < -0.3 is 0 Å². The molecule has 2 saturated heterocycles. The summed E-state index contributed by atoms with van der Waals surface area (Å²) in [4.78, 5) is 25.7. The van der Waals surface area contributed by atoms with E-state index in [1.807, 2.05) is 0 Å². The Morgan fingerprint density at radius 3 is 2.64 bits per heavy atom. The van der Waals surface area contributed by atoms with Crippen molar-refractivity contribution in [2.45, 2.75) is 26.2 Å². The number of rotatable bonds is 4. The molecule has 2 atom stereocenters. The zero-order chi connectivity index (χ0) is 23.3. The predicted octanol–water partition coefficient (Wildman–Crippen LogP) is 2.80. The number of halogens is 2. The molecule has 2 aliphatic heterocycles. The molecule has 5 heterocycles. The zero-order valence-electron chi connectivity index (χ0n) is 18.1. The van der Waals surface area contributed by atoms with Crippen molar-refractivity contribution in [2.75, 3.05) is 36.5 Å². The number of nitrogens with one attached hydrogen (secondary N) is 1. The van der Waals surface area contributed by atoms with E-state index >= 15 is 0 Å². The molecular weight excluding hydrogens is 499 g/mol. The molecule has 3 aromatic rings. The average Bonchev–Trinajstić information content (AvgIpc) is 3.11. The van der Waals surface area contributed by atoms with Gasteiger partial charge in [-0.3, -0.25) is 0 Å². The van der Waals surface area contributed by atoms with E-state index < -0.39 is 11.7 Å². The number of carbonyl (C=O) groups is 1. The molecule has 12 heteroatoms. The Bertz CT molecular complexity index is 1220. The molecule has 1 N–H and O–H groups in total. The van der Waals surface area contributed by atoms with Crippen LogP contribution in [-0.2, 0) is 10.7 Å². The van der Waals surface area contributed by atoms with Crippen molar-refractivity contribution in [3.8, 4) is 5.82 Å². The van der Waals surface area contributed by atoms with Gasteiger partial charge in [-0.1, -0.05) is 0 Å². The van der Waals surface area contributed by atoms with E-state index in [1.54, 1.807) is 25.3 Å². The standard InChI is InChI=1S/C21H22F2N7O2Se/c1-11-3-17(27-19(25-11)21(2,22)23)30-15-5-16(26-20(31)33)24-6-14(15)18(28-30)29-7-12-4-13(8-29)10-32-9-12/h3,5-6,12-13H,4,7-10H2,1-2H3,(H,24,26,31). The molecule has 0 saturated carbocycles. The molecule has 173 valence electrons. The van der Waals surface area contributed by atoms with Crippen LogP contribution in [-0.4, -0.2) is 71.9 Å². The molecule has 0 aromatic carbocycles.